The van der Waals surface area contributed by atoms with Gasteiger partial charge in [0, 0.05) is 62.8 Å². The third-order valence-corrected chi connectivity index (χ3v) is 8.77. The number of piperidine rings is 2. The molecule has 0 N–H and O–H groups in total. The molecule has 3 fully saturated rings. The number of amides is 1. The van der Waals surface area contributed by atoms with Gasteiger partial charge in [0.05, 0.1) is 23.1 Å². The van der Waals surface area contributed by atoms with Crippen LogP contribution in [0.3, 0.4) is 0 Å². The SMILES string of the molecule is Cn1nc(C2CCN(CC3C[C@H]3C(=O)N3CCCC(Cn4ccnc4)C3)CC2)c2ccc(C(F)(F)F)cc21. The quantitative estimate of drug-likeness (QED) is 0.471. The average molecular weight is 529 g/mol. The molecule has 38 heavy (non-hydrogen) atoms. The molecule has 1 aromatic carbocycles. The molecule has 0 bridgehead atoms. The number of carbonyl (C=O) groups is 1. The van der Waals surface area contributed by atoms with Crippen LogP contribution in [0.5, 0.6) is 0 Å². The second kappa shape index (κ2) is 10.0. The molecule has 0 spiro atoms. The van der Waals surface area contributed by atoms with E-state index in [0.717, 1.165) is 88.5 Å². The number of hydrogen-bond acceptors (Lipinski definition) is 4. The fraction of sp³-hybridized carbons (Fsp3) is 0.607. The number of halogens is 3. The van der Waals surface area contributed by atoms with Crippen LogP contribution in [0.2, 0.25) is 0 Å². The minimum Gasteiger partial charge on any atom is -0.342 e. The summed E-state index contributed by atoms with van der Waals surface area (Å²) in [5, 5.41) is 5.45. The molecule has 3 aromatic rings. The number of rotatable bonds is 6. The smallest absolute Gasteiger partial charge is 0.342 e. The Kier molecular flexibility index (Phi) is 6.70. The summed E-state index contributed by atoms with van der Waals surface area (Å²) in [7, 11) is 1.72. The molecule has 10 heteroatoms. The van der Waals surface area contributed by atoms with Gasteiger partial charge in [-0.15, -0.1) is 0 Å². The minimum atomic E-state index is -4.36. The molecule has 3 atom stereocenters. The number of fused-ring (bicyclic) bond motifs is 1. The van der Waals surface area contributed by atoms with Crippen LogP contribution in [0.1, 0.15) is 49.3 Å². The summed E-state index contributed by atoms with van der Waals surface area (Å²) >= 11 is 0. The van der Waals surface area contributed by atoms with Crippen molar-refractivity contribution in [3.8, 4) is 0 Å². The highest BCUT2D eigenvalue weighted by Gasteiger charge is 2.46. The number of aryl methyl sites for hydroxylation is 1. The topological polar surface area (TPSA) is 59.2 Å². The first-order chi connectivity index (χ1) is 18.3. The van der Waals surface area contributed by atoms with Crippen LogP contribution in [0.25, 0.3) is 10.9 Å². The van der Waals surface area contributed by atoms with E-state index in [2.05, 4.69) is 24.4 Å². The van der Waals surface area contributed by atoms with E-state index in [0.29, 0.717) is 23.3 Å². The van der Waals surface area contributed by atoms with E-state index in [4.69, 9.17) is 0 Å². The molecule has 1 amide bonds. The van der Waals surface area contributed by atoms with Crippen molar-refractivity contribution in [3.63, 3.8) is 0 Å². The minimum absolute atomic E-state index is 0.155. The highest BCUT2D eigenvalue weighted by molar-refractivity contribution is 5.83. The molecule has 204 valence electrons. The number of nitrogens with zero attached hydrogens (tertiary/aromatic N) is 6. The van der Waals surface area contributed by atoms with Crippen LogP contribution < -0.4 is 0 Å². The van der Waals surface area contributed by atoms with Gasteiger partial charge in [-0.1, -0.05) is 6.07 Å². The Labute approximate surface area is 220 Å². The molecule has 2 unspecified atom stereocenters. The Morgan fingerprint density at radius 3 is 2.66 bits per heavy atom. The predicted molar refractivity (Wildman–Crippen MR) is 137 cm³/mol. The van der Waals surface area contributed by atoms with Crippen LogP contribution in [-0.4, -0.2) is 67.8 Å². The number of likely N-dealkylation sites (tertiary alicyclic amines) is 2. The number of hydrogen-bond donors (Lipinski definition) is 0. The Bertz CT molecular complexity index is 1280. The van der Waals surface area contributed by atoms with Gasteiger partial charge in [-0.25, -0.2) is 4.98 Å². The summed E-state index contributed by atoms with van der Waals surface area (Å²) in [6.07, 6.45) is 6.34. The molecule has 3 aliphatic rings. The van der Waals surface area contributed by atoms with Crippen molar-refractivity contribution < 1.29 is 18.0 Å². The van der Waals surface area contributed by atoms with Crippen LogP contribution >= 0.6 is 0 Å². The number of aromatic nitrogens is 4. The van der Waals surface area contributed by atoms with Crippen LogP contribution in [0.15, 0.2) is 36.9 Å². The molecule has 6 rings (SSSR count). The van der Waals surface area contributed by atoms with Crippen LogP contribution in [-0.2, 0) is 24.6 Å². The van der Waals surface area contributed by atoms with Crippen molar-refractivity contribution in [2.75, 3.05) is 32.7 Å². The van der Waals surface area contributed by atoms with Gasteiger partial charge in [0.15, 0.2) is 0 Å². The van der Waals surface area contributed by atoms with Gasteiger partial charge < -0.3 is 14.4 Å². The third-order valence-electron chi connectivity index (χ3n) is 8.77. The Morgan fingerprint density at radius 1 is 1.11 bits per heavy atom. The largest absolute Gasteiger partial charge is 0.416 e. The molecule has 1 saturated carbocycles. The summed E-state index contributed by atoms with van der Waals surface area (Å²) in [6.45, 7) is 5.44. The zero-order chi connectivity index (χ0) is 26.4. The second-order valence-electron chi connectivity index (χ2n) is 11.5. The van der Waals surface area contributed by atoms with Crippen molar-refractivity contribution in [2.24, 2.45) is 24.8 Å². The summed E-state index contributed by atoms with van der Waals surface area (Å²) in [6, 6.07) is 3.94. The average Bonchev–Trinajstić information content (AvgIpc) is 3.31. The maximum absolute atomic E-state index is 13.2. The molecule has 2 aromatic heterocycles. The first-order valence-electron chi connectivity index (χ1n) is 13.8. The van der Waals surface area contributed by atoms with Gasteiger partial charge in [0.1, 0.15) is 0 Å². The highest BCUT2D eigenvalue weighted by Crippen LogP contribution is 2.42. The van der Waals surface area contributed by atoms with E-state index in [1.54, 1.807) is 24.0 Å². The summed E-state index contributed by atoms with van der Waals surface area (Å²) in [5.41, 5.74) is 0.799. The number of alkyl halides is 3. The maximum atomic E-state index is 13.2. The molecule has 4 heterocycles. The van der Waals surface area contributed by atoms with Crippen molar-refractivity contribution in [3.05, 3.63) is 48.2 Å². The third kappa shape index (κ3) is 5.19. The molecule has 2 saturated heterocycles. The summed E-state index contributed by atoms with van der Waals surface area (Å²) < 4.78 is 43.2. The van der Waals surface area contributed by atoms with Crippen molar-refractivity contribution >= 4 is 16.8 Å². The van der Waals surface area contributed by atoms with E-state index in [9.17, 15) is 18.0 Å². The van der Waals surface area contributed by atoms with Gasteiger partial charge in [-0.3, -0.25) is 9.48 Å². The second-order valence-corrected chi connectivity index (χ2v) is 11.5. The van der Waals surface area contributed by atoms with E-state index in [1.165, 1.54) is 6.07 Å². The number of carbonyl (C=O) groups excluding carboxylic acids is 1. The zero-order valence-electron chi connectivity index (χ0n) is 21.8. The predicted octanol–water partition coefficient (Wildman–Crippen LogP) is 4.54. The van der Waals surface area contributed by atoms with E-state index in [1.807, 2.05) is 12.5 Å². The lowest BCUT2D eigenvalue weighted by Crippen LogP contribution is -2.42. The number of imidazole rings is 1. The lowest BCUT2D eigenvalue weighted by Gasteiger charge is -2.34. The lowest BCUT2D eigenvalue weighted by atomic mass is 9.91. The van der Waals surface area contributed by atoms with E-state index < -0.39 is 11.7 Å². The van der Waals surface area contributed by atoms with Crippen LogP contribution in [0, 0.1) is 17.8 Å². The van der Waals surface area contributed by atoms with Crippen molar-refractivity contribution in [1.82, 2.24) is 29.1 Å². The Hall–Kier alpha value is -2.88. The van der Waals surface area contributed by atoms with Gasteiger partial charge >= 0.3 is 6.18 Å². The summed E-state index contributed by atoms with van der Waals surface area (Å²) in [4.78, 5) is 21.9. The summed E-state index contributed by atoms with van der Waals surface area (Å²) in [5.74, 6) is 1.65. The molecular weight excluding hydrogens is 493 g/mol. The lowest BCUT2D eigenvalue weighted by molar-refractivity contribution is -0.137. The highest BCUT2D eigenvalue weighted by atomic mass is 19.4. The van der Waals surface area contributed by atoms with Gasteiger partial charge in [-0.2, -0.15) is 18.3 Å². The molecule has 7 nitrogen and oxygen atoms in total. The van der Waals surface area contributed by atoms with Crippen molar-refractivity contribution in [1.29, 1.82) is 0 Å². The molecule has 1 aliphatic carbocycles. The van der Waals surface area contributed by atoms with Crippen LogP contribution in [0.4, 0.5) is 13.2 Å². The van der Waals surface area contributed by atoms with Gasteiger partial charge in [0.2, 0.25) is 5.91 Å². The standard InChI is InChI=1S/C28H35F3N6O/c1-34-25-14-22(28(29,30)31)4-5-23(25)26(33-34)20-6-10-35(11-7-20)17-21-13-24(21)27(38)37-9-2-3-19(16-37)15-36-12-8-32-18-36/h4-5,8,12,14,18-21,24H,2-3,6-7,9-11,13,15-17H2,1H3/t19?,21?,24-/m1/s1. The maximum Gasteiger partial charge on any atom is 0.416 e. The van der Waals surface area contributed by atoms with Gasteiger partial charge in [0.25, 0.3) is 0 Å². The monoisotopic (exact) mass is 528 g/mol. The zero-order valence-corrected chi connectivity index (χ0v) is 21.8. The fourth-order valence-corrected chi connectivity index (χ4v) is 6.58. The van der Waals surface area contributed by atoms with Gasteiger partial charge in [-0.05, 0) is 69.2 Å². The first kappa shape index (κ1) is 25.4. The normalized spacial score (nSPS) is 25.3. The molecular formula is C28H35F3N6O. The number of benzene rings is 1. The van der Waals surface area contributed by atoms with E-state index in [-0.39, 0.29) is 11.8 Å². The fourth-order valence-electron chi connectivity index (χ4n) is 6.58. The van der Waals surface area contributed by atoms with E-state index >= 15 is 0 Å². The Balaban J connectivity index is 1.00. The first-order valence-corrected chi connectivity index (χ1v) is 13.8. The molecule has 0 radical (unpaired) electrons. The van der Waals surface area contributed by atoms with Crippen molar-refractivity contribution in [2.45, 2.75) is 50.7 Å². The molecule has 2 aliphatic heterocycles. The Morgan fingerprint density at radius 2 is 1.92 bits per heavy atom.